The molecule has 2 N–H and O–H groups in total. The summed E-state index contributed by atoms with van der Waals surface area (Å²) in [4.78, 5) is 0. The van der Waals surface area contributed by atoms with Crippen molar-refractivity contribution in [1.82, 2.24) is 10.6 Å². The van der Waals surface area contributed by atoms with Crippen molar-refractivity contribution in [1.29, 1.82) is 0 Å². The van der Waals surface area contributed by atoms with Gasteiger partial charge in [0, 0.05) is 12.7 Å². The molecule has 0 radical (unpaired) electrons. The lowest BCUT2D eigenvalue weighted by atomic mass is 10.1. The largest absolute Gasteiger partial charge is 0.308 e. The second-order valence-corrected chi connectivity index (χ2v) is 3.42. The van der Waals surface area contributed by atoms with Crippen molar-refractivity contribution in [3.8, 4) is 0 Å². The van der Waals surface area contributed by atoms with Crippen molar-refractivity contribution in [2.75, 3.05) is 13.7 Å². The topological polar surface area (TPSA) is 24.1 Å². The first-order valence-corrected chi connectivity index (χ1v) is 4.81. The summed E-state index contributed by atoms with van der Waals surface area (Å²) < 4.78 is 0. The van der Waals surface area contributed by atoms with Crippen LogP contribution in [0.1, 0.15) is 38.5 Å². The van der Waals surface area contributed by atoms with Gasteiger partial charge in [0.15, 0.2) is 0 Å². The Kier molecular flexibility index (Phi) is 4.55. The third-order valence-electron chi connectivity index (χ3n) is 2.42. The van der Waals surface area contributed by atoms with Gasteiger partial charge in [-0.25, -0.2) is 0 Å². The third-order valence-corrected chi connectivity index (χ3v) is 2.42. The van der Waals surface area contributed by atoms with E-state index in [1.54, 1.807) is 0 Å². The van der Waals surface area contributed by atoms with E-state index in [1.165, 1.54) is 38.5 Å². The van der Waals surface area contributed by atoms with E-state index in [0.29, 0.717) is 0 Å². The SMILES string of the molecule is CNCNC1CCCCCC1. The van der Waals surface area contributed by atoms with Crippen LogP contribution in [0.3, 0.4) is 0 Å². The minimum Gasteiger partial charge on any atom is -0.308 e. The summed E-state index contributed by atoms with van der Waals surface area (Å²) in [6.07, 6.45) is 8.47. The van der Waals surface area contributed by atoms with Gasteiger partial charge in [-0.15, -0.1) is 0 Å². The normalized spacial score (nSPS) is 21.5. The Hall–Kier alpha value is -0.0800. The van der Waals surface area contributed by atoms with E-state index < -0.39 is 0 Å². The summed E-state index contributed by atoms with van der Waals surface area (Å²) in [5, 5.41) is 6.62. The summed E-state index contributed by atoms with van der Waals surface area (Å²) in [7, 11) is 1.99. The summed E-state index contributed by atoms with van der Waals surface area (Å²) in [5.74, 6) is 0. The smallest absolute Gasteiger partial charge is 0.0453 e. The fraction of sp³-hybridized carbons (Fsp3) is 1.00. The first-order chi connectivity index (χ1) is 5.43. The van der Waals surface area contributed by atoms with E-state index in [4.69, 9.17) is 0 Å². The number of hydrogen-bond acceptors (Lipinski definition) is 2. The Morgan fingerprint density at radius 2 is 1.73 bits per heavy atom. The number of nitrogens with one attached hydrogen (secondary N) is 2. The van der Waals surface area contributed by atoms with Gasteiger partial charge in [-0.05, 0) is 19.9 Å². The second-order valence-electron chi connectivity index (χ2n) is 3.42. The minimum atomic E-state index is 0.782. The van der Waals surface area contributed by atoms with Crippen molar-refractivity contribution >= 4 is 0 Å². The monoisotopic (exact) mass is 156 g/mol. The fourth-order valence-corrected chi connectivity index (χ4v) is 1.73. The van der Waals surface area contributed by atoms with Crippen LogP contribution < -0.4 is 10.6 Å². The van der Waals surface area contributed by atoms with Crippen LogP contribution in [0.2, 0.25) is 0 Å². The van der Waals surface area contributed by atoms with Crippen LogP contribution in [0.25, 0.3) is 0 Å². The minimum absolute atomic E-state index is 0.782. The lowest BCUT2D eigenvalue weighted by molar-refractivity contribution is 0.448. The zero-order valence-corrected chi connectivity index (χ0v) is 7.53. The van der Waals surface area contributed by atoms with Crippen LogP contribution >= 0.6 is 0 Å². The van der Waals surface area contributed by atoms with E-state index in [-0.39, 0.29) is 0 Å². The van der Waals surface area contributed by atoms with Gasteiger partial charge in [0.25, 0.3) is 0 Å². The molecule has 0 unspecified atom stereocenters. The molecule has 1 aliphatic rings. The predicted molar refractivity (Wildman–Crippen MR) is 48.6 cm³/mol. The Balaban J connectivity index is 2.09. The van der Waals surface area contributed by atoms with Crippen molar-refractivity contribution in [2.45, 2.75) is 44.6 Å². The molecule has 0 bridgehead atoms. The van der Waals surface area contributed by atoms with Crippen molar-refractivity contribution < 1.29 is 0 Å². The number of hydrogen-bond donors (Lipinski definition) is 2. The summed E-state index contributed by atoms with van der Waals surface area (Å²) in [5.41, 5.74) is 0. The van der Waals surface area contributed by atoms with E-state index in [0.717, 1.165) is 12.7 Å². The van der Waals surface area contributed by atoms with Crippen LogP contribution in [-0.4, -0.2) is 19.8 Å². The van der Waals surface area contributed by atoms with Gasteiger partial charge in [-0.3, -0.25) is 0 Å². The standard InChI is InChI=1S/C9H20N2/c1-10-8-11-9-6-4-2-3-5-7-9/h9-11H,2-8H2,1H3. The van der Waals surface area contributed by atoms with Crippen molar-refractivity contribution in [3.05, 3.63) is 0 Å². The molecule has 0 amide bonds. The molecule has 1 saturated carbocycles. The molecule has 1 fully saturated rings. The Morgan fingerprint density at radius 3 is 2.27 bits per heavy atom. The molecule has 2 heteroatoms. The first-order valence-electron chi connectivity index (χ1n) is 4.81. The molecule has 2 nitrogen and oxygen atoms in total. The molecule has 11 heavy (non-hydrogen) atoms. The average Bonchev–Trinajstić information content (AvgIpc) is 2.28. The molecular formula is C9H20N2. The second kappa shape index (κ2) is 5.56. The zero-order valence-electron chi connectivity index (χ0n) is 7.53. The summed E-state index contributed by atoms with van der Waals surface area (Å²) in [6, 6.07) is 0.782. The van der Waals surface area contributed by atoms with Crippen molar-refractivity contribution in [3.63, 3.8) is 0 Å². The highest BCUT2D eigenvalue weighted by atomic mass is 15.1. The molecular weight excluding hydrogens is 136 g/mol. The molecule has 0 aromatic heterocycles. The van der Waals surface area contributed by atoms with Gasteiger partial charge < -0.3 is 10.6 Å². The van der Waals surface area contributed by atoms with Gasteiger partial charge in [0.1, 0.15) is 0 Å². The maximum Gasteiger partial charge on any atom is 0.0453 e. The maximum atomic E-state index is 3.50. The van der Waals surface area contributed by atoms with Gasteiger partial charge in [0.2, 0.25) is 0 Å². The van der Waals surface area contributed by atoms with Crippen LogP contribution in [-0.2, 0) is 0 Å². The molecule has 1 aliphatic carbocycles. The third kappa shape index (κ3) is 3.73. The molecule has 0 atom stereocenters. The Morgan fingerprint density at radius 1 is 1.09 bits per heavy atom. The fourth-order valence-electron chi connectivity index (χ4n) is 1.73. The highest BCUT2D eigenvalue weighted by Crippen LogP contribution is 2.16. The summed E-state index contributed by atoms with van der Waals surface area (Å²) >= 11 is 0. The molecule has 0 heterocycles. The highest BCUT2D eigenvalue weighted by Gasteiger charge is 2.09. The molecule has 0 aliphatic heterocycles. The Labute approximate surface area is 69.8 Å². The van der Waals surface area contributed by atoms with Gasteiger partial charge in [-0.2, -0.15) is 0 Å². The lowest BCUT2D eigenvalue weighted by Crippen LogP contribution is -2.35. The first kappa shape index (κ1) is 9.01. The molecule has 0 aromatic rings. The van der Waals surface area contributed by atoms with E-state index in [9.17, 15) is 0 Å². The van der Waals surface area contributed by atoms with Gasteiger partial charge >= 0.3 is 0 Å². The molecule has 0 aromatic carbocycles. The van der Waals surface area contributed by atoms with Gasteiger partial charge in [0.05, 0.1) is 0 Å². The van der Waals surface area contributed by atoms with Gasteiger partial charge in [-0.1, -0.05) is 25.7 Å². The Bertz CT molecular complexity index is 85.6. The number of rotatable bonds is 3. The quantitative estimate of drug-likeness (QED) is 0.477. The predicted octanol–water partition coefficient (Wildman–Crippen LogP) is 1.48. The van der Waals surface area contributed by atoms with Crippen LogP contribution in [0.4, 0.5) is 0 Å². The molecule has 66 valence electrons. The molecule has 0 spiro atoms. The molecule has 1 rings (SSSR count). The highest BCUT2D eigenvalue weighted by molar-refractivity contribution is 4.69. The van der Waals surface area contributed by atoms with Crippen LogP contribution in [0.15, 0.2) is 0 Å². The van der Waals surface area contributed by atoms with Crippen LogP contribution in [0.5, 0.6) is 0 Å². The van der Waals surface area contributed by atoms with E-state index in [2.05, 4.69) is 10.6 Å². The average molecular weight is 156 g/mol. The van der Waals surface area contributed by atoms with E-state index in [1.807, 2.05) is 7.05 Å². The lowest BCUT2D eigenvalue weighted by Gasteiger charge is -2.15. The maximum absolute atomic E-state index is 3.50. The van der Waals surface area contributed by atoms with E-state index >= 15 is 0 Å². The molecule has 0 saturated heterocycles. The zero-order chi connectivity index (χ0) is 7.94. The van der Waals surface area contributed by atoms with Crippen LogP contribution in [0, 0.1) is 0 Å². The van der Waals surface area contributed by atoms with Crippen molar-refractivity contribution in [2.24, 2.45) is 0 Å². The summed E-state index contributed by atoms with van der Waals surface area (Å²) in [6.45, 7) is 0.963.